The van der Waals surface area contributed by atoms with Gasteiger partial charge in [0.25, 0.3) is 0 Å². The Bertz CT molecular complexity index is 580. The lowest BCUT2D eigenvalue weighted by Gasteiger charge is -2.21. The van der Waals surface area contributed by atoms with Gasteiger partial charge in [-0.1, -0.05) is 17.7 Å². The van der Waals surface area contributed by atoms with E-state index >= 15 is 0 Å². The molecule has 0 bridgehead atoms. The van der Waals surface area contributed by atoms with Crippen molar-refractivity contribution in [1.29, 1.82) is 0 Å². The van der Waals surface area contributed by atoms with E-state index in [1.807, 2.05) is 0 Å². The van der Waals surface area contributed by atoms with Crippen LogP contribution in [-0.4, -0.2) is 29.6 Å². The van der Waals surface area contributed by atoms with Gasteiger partial charge in [-0.2, -0.15) is 0 Å². The molecule has 0 aliphatic heterocycles. The van der Waals surface area contributed by atoms with E-state index in [0.29, 0.717) is 12.8 Å². The molecule has 0 saturated heterocycles. The molecule has 2 atom stereocenters. The van der Waals surface area contributed by atoms with E-state index in [2.05, 4.69) is 4.74 Å². The van der Waals surface area contributed by atoms with Crippen molar-refractivity contribution in [2.24, 2.45) is 5.73 Å². The number of para-hydroxylation sites is 1. The molecule has 0 aromatic heterocycles. The summed E-state index contributed by atoms with van der Waals surface area (Å²) in [7, 11) is 1.27. The molecule has 2 unspecified atom stereocenters. The summed E-state index contributed by atoms with van der Waals surface area (Å²) in [5.41, 5.74) is 4.64. The van der Waals surface area contributed by atoms with Gasteiger partial charge in [0.2, 0.25) is 5.75 Å². The van der Waals surface area contributed by atoms with Gasteiger partial charge in [0.1, 0.15) is 11.6 Å². The van der Waals surface area contributed by atoms with Crippen LogP contribution in [0.1, 0.15) is 19.3 Å². The van der Waals surface area contributed by atoms with Gasteiger partial charge in [-0.25, -0.2) is 0 Å². The fourth-order valence-corrected chi connectivity index (χ4v) is 2.66. The Morgan fingerprint density at radius 3 is 2.90 bits per heavy atom. The summed E-state index contributed by atoms with van der Waals surface area (Å²) in [6, 6.07) is 4.30. The van der Waals surface area contributed by atoms with E-state index in [9.17, 15) is 14.9 Å². The Labute approximate surface area is 126 Å². The first-order valence-electron chi connectivity index (χ1n) is 6.34. The van der Waals surface area contributed by atoms with Crippen LogP contribution in [0.2, 0.25) is 5.02 Å². The minimum atomic E-state index is -1.12. The van der Waals surface area contributed by atoms with Gasteiger partial charge in [-0.05, 0) is 18.9 Å². The summed E-state index contributed by atoms with van der Waals surface area (Å²) in [6.07, 6.45) is 0.686. The Morgan fingerprint density at radius 2 is 2.29 bits per heavy atom. The molecule has 0 spiro atoms. The molecule has 0 radical (unpaired) electrons. The highest BCUT2D eigenvalue weighted by Crippen LogP contribution is 2.39. The minimum Gasteiger partial charge on any atom is -0.482 e. The molecular formula is C13H15ClN2O5. The van der Waals surface area contributed by atoms with Crippen molar-refractivity contribution >= 4 is 23.3 Å². The van der Waals surface area contributed by atoms with Crippen LogP contribution in [0.15, 0.2) is 18.2 Å². The van der Waals surface area contributed by atoms with Crippen molar-refractivity contribution < 1.29 is 19.2 Å². The van der Waals surface area contributed by atoms with Crippen molar-refractivity contribution in [3.8, 4) is 5.75 Å². The summed E-state index contributed by atoms with van der Waals surface area (Å²) < 4.78 is 10.3. The molecule has 0 heterocycles. The highest BCUT2D eigenvalue weighted by atomic mass is 35.5. The molecule has 1 aromatic carbocycles. The largest absolute Gasteiger partial charge is 0.482 e. The zero-order valence-corrected chi connectivity index (χ0v) is 12.1. The standard InChI is InChI=1S/C13H15ClN2O5/c1-20-12(17)13(15)6-5-8(7-13)21-11-9(14)3-2-4-10(11)16(18)19/h2-4,8H,5-7,15H2,1H3. The maximum atomic E-state index is 11.6. The van der Waals surface area contributed by atoms with E-state index in [-0.39, 0.29) is 22.9 Å². The van der Waals surface area contributed by atoms with Gasteiger partial charge < -0.3 is 15.2 Å². The predicted molar refractivity (Wildman–Crippen MR) is 75.3 cm³/mol. The number of methoxy groups -OCH3 is 1. The molecule has 21 heavy (non-hydrogen) atoms. The molecule has 7 nitrogen and oxygen atoms in total. The Balaban J connectivity index is 2.18. The van der Waals surface area contributed by atoms with Gasteiger partial charge in [-0.3, -0.25) is 14.9 Å². The van der Waals surface area contributed by atoms with Gasteiger partial charge in [0.15, 0.2) is 0 Å². The monoisotopic (exact) mass is 314 g/mol. The maximum absolute atomic E-state index is 11.6. The van der Waals surface area contributed by atoms with Crippen LogP contribution < -0.4 is 10.5 Å². The number of nitrogens with two attached hydrogens (primary N) is 1. The Hall–Kier alpha value is -1.86. The second-order valence-corrected chi connectivity index (χ2v) is 5.38. The topological polar surface area (TPSA) is 105 Å². The molecule has 0 amide bonds. The first-order valence-corrected chi connectivity index (χ1v) is 6.72. The lowest BCUT2D eigenvalue weighted by Crippen LogP contribution is -2.47. The van der Waals surface area contributed by atoms with E-state index in [1.165, 1.54) is 25.3 Å². The average Bonchev–Trinajstić information content (AvgIpc) is 2.82. The number of carbonyl (C=O) groups excluding carboxylic acids is 1. The summed E-state index contributed by atoms with van der Waals surface area (Å²) in [5.74, 6) is -0.509. The van der Waals surface area contributed by atoms with Crippen molar-refractivity contribution in [1.82, 2.24) is 0 Å². The third kappa shape index (κ3) is 3.08. The lowest BCUT2D eigenvalue weighted by molar-refractivity contribution is -0.386. The number of carbonyl (C=O) groups is 1. The van der Waals surface area contributed by atoms with Crippen molar-refractivity contribution in [2.75, 3.05) is 7.11 Å². The van der Waals surface area contributed by atoms with Gasteiger partial charge in [-0.15, -0.1) is 0 Å². The first-order chi connectivity index (χ1) is 9.87. The number of hydrogen-bond donors (Lipinski definition) is 1. The zero-order chi connectivity index (χ0) is 15.6. The van der Waals surface area contributed by atoms with Gasteiger partial charge >= 0.3 is 11.7 Å². The van der Waals surface area contributed by atoms with Crippen LogP contribution in [0.5, 0.6) is 5.75 Å². The van der Waals surface area contributed by atoms with Crippen molar-refractivity contribution in [2.45, 2.75) is 30.9 Å². The Morgan fingerprint density at radius 1 is 1.57 bits per heavy atom. The number of hydrogen-bond acceptors (Lipinski definition) is 6. The number of benzene rings is 1. The fraction of sp³-hybridized carbons (Fsp3) is 0.462. The number of rotatable bonds is 4. The molecule has 1 aliphatic rings. The molecule has 2 rings (SSSR count). The molecule has 1 aliphatic carbocycles. The third-order valence-corrected chi connectivity index (χ3v) is 3.82. The molecule has 114 valence electrons. The second kappa shape index (κ2) is 5.87. The average molecular weight is 315 g/mol. The van der Waals surface area contributed by atoms with Gasteiger partial charge in [0, 0.05) is 12.5 Å². The zero-order valence-electron chi connectivity index (χ0n) is 11.4. The number of nitro benzene ring substituents is 1. The second-order valence-electron chi connectivity index (χ2n) is 4.98. The van der Waals surface area contributed by atoms with Gasteiger partial charge in [0.05, 0.1) is 17.1 Å². The summed E-state index contributed by atoms with van der Waals surface area (Å²) in [5, 5.41) is 11.1. The van der Waals surface area contributed by atoms with Crippen LogP contribution in [0.3, 0.4) is 0 Å². The molecule has 8 heteroatoms. The summed E-state index contributed by atoms with van der Waals surface area (Å²) >= 11 is 5.96. The van der Waals surface area contributed by atoms with E-state index in [0.717, 1.165) is 0 Å². The molecular weight excluding hydrogens is 300 g/mol. The highest BCUT2D eigenvalue weighted by molar-refractivity contribution is 6.32. The summed E-state index contributed by atoms with van der Waals surface area (Å²) in [4.78, 5) is 22.1. The number of nitrogens with zero attached hydrogens (tertiary/aromatic N) is 1. The molecule has 1 saturated carbocycles. The van der Waals surface area contributed by atoms with E-state index in [1.54, 1.807) is 0 Å². The SMILES string of the molecule is COC(=O)C1(N)CCC(Oc2c(Cl)cccc2[N+](=O)[O-])C1. The summed E-state index contributed by atoms with van der Waals surface area (Å²) in [6.45, 7) is 0. The number of esters is 1. The molecule has 2 N–H and O–H groups in total. The maximum Gasteiger partial charge on any atom is 0.325 e. The smallest absolute Gasteiger partial charge is 0.325 e. The highest BCUT2D eigenvalue weighted by Gasteiger charge is 2.44. The normalized spacial score (nSPS) is 24.6. The minimum absolute atomic E-state index is 0.00304. The van der Waals surface area contributed by atoms with Crippen LogP contribution in [0.4, 0.5) is 5.69 Å². The van der Waals surface area contributed by atoms with E-state index in [4.69, 9.17) is 22.1 Å². The quantitative estimate of drug-likeness (QED) is 0.518. The number of nitro groups is 1. The first kappa shape index (κ1) is 15.5. The Kier molecular flexibility index (Phi) is 4.34. The fourth-order valence-electron chi connectivity index (χ4n) is 2.44. The number of ether oxygens (including phenoxy) is 2. The van der Waals surface area contributed by atoms with Crippen LogP contribution in [-0.2, 0) is 9.53 Å². The van der Waals surface area contributed by atoms with Crippen LogP contribution in [0.25, 0.3) is 0 Å². The third-order valence-electron chi connectivity index (χ3n) is 3.52. The van der Waals surface area contributed by atoms with Crippen LogP contribution >= 0.6 is 11.6 Å². The van der Waals surface area contributed by atoms with Crippen LogP contribution in [0, 0.1) is 10.1 Å². The number of halogens is 1. The molecule has 1 fully saturated rings. The lowest BCUT2D eigenvalue weighted by atomic mass is 10.00. The molecule has 1 aromatic rings. The van der Waals surface area contributed by atoms with Crippen molar-refractivity contribution in [3.05, 3.63) is 33.3 Å². The van der Waals surface area contributed by atoms with E-state index < -0.39 is 22.5 Å². The predicted octanol–water partition coefficient (Wildman–Crippen LogP) is 2.05. The van der Waals surface area contributed by atoms with Crippen molar-refractivity contribution in [3.63, 3.8) is 0 Å².